The van der Waals surface area contributed by atoms with Gasteiger partial charge in [0.2, 0.25) is 11.8 Å². The molecule has 11 heteroatoms. The van der Waals surface area contributed by atoms with Crippen molar-refractivity contribution in [2.45, 2.75) is 65.1 Å². The summed E-state index contributed by atoms with van der Waals surface area (Å²) in [7, 11) is -1.19. The third-order valence-corrected chi connectivity index (χ3v) is 9.40. The van der Waals surface area contributed by atoms with Crippen LogP contribution in [0.4, 0.5) is 5.69 Å². The first-order chi connectivity index (χ1) is 17.8. The molecule has 2 aromatic rings. The lowest BCUT2D eigenvalue weighted by Crippen LogP contribution is -2.53. The van der Waals surface area contributed by atoms with Crippen molar-refractivity contribution in [2.75, 3.05) is 24.9 Å². The summed E-state index contributed by atoms with van der Waals surface area (Å²) in [5.74, 6) is -0.796. The second-order valence-electron chi connectivity index (χ2n) is 10.0. The lowest BCUT2D eigenvalue weighted by molar-refractivity contribution is -0.139. The molecule has 208 valence electrons. The van der Waals surface area contributed by atoms with Crippen LogP contribution in [-0.2, 0) is 26.3 Å². The summed E-state index contributed by atoms with van der Waals surface area (Å²) < 4.78 is 29.0. The number of benzene rings is 2. The number of carbonyl (C=O) groups is 2. The minimum atomic E-state index is -4.03. The normalized spacial score (nSPS) is 14.9. The fourth-order valence-corrected chi connectivity index (χ4v) is 5.93. The highest BCUT2D eigenvalue weighted by Gasteiger charge is 2.34. The number of rotatable bonds is 10. The van der Waals surface area contributed by atoms with Gasteiger partial charge in [0, 0.05) is 26.7 Å². The highest BCUT2D eigenvalue weighted by Crippen LogP contribution is 2.27. The van der Waals surface area contributed by atoms with Crippen molar-refractivity contribution in [1.82, 2.24) is 14.5 Å². The number of carbonyl (C=O) groups excluding carboxylic acids is 2. The summed E-state index contributed by atoms with van der Waals surface area (Å²) in [6.45, 7) is 4.88. The van der Waals surface area contributed by atoms with Crippen molar-refractivity contribution < 1.29 is 18.0 Å². The van der Waals surface area contributed by atoms with Gasteiger partial charge in [-0.1, -0.05) is 54.2 Å². The summed E-state index contributed by atoms with van der Waals surface area (Å²) >= 11 is 12.3. The minimum Gasteiger partial charge on any atom is -0.352 e. The van der Waals surface area contributed by atoms with Crippen LogP contribution in [0, 0.1) is 13.8 Å². The molecule has 0 bridgehead atoms. The third-order valence-electron chi connectivity index (χ3n) is 6.86. The van der Waals surface area contributed by atoms with Gasteiger partial charge in [-0.05, 0) is 68.5 Å². The molecule has 0 spiro atoms. The molecule has 0 radical (unpaired) electrons. The van der Waals surface area contributed by atoms with Gasteiger partial charge in [-0.15, -0.1) is 0 Å². The van der Waals surface area contributed by atoms with E-state index in [4.69, 9.17) is 23.2 Å². The van der Waals surface area contributed by atoms with E-state index >= 15 is 0 Å². The zero-order chi connectivity index (χ0) is 28.2. The van der Waals surface area contributed by atoms with Crippen molar-refractivity contribution >= 4 is 50.9 Å². The van der Waals surface area contributed by atoms with Gasteiger partial charge >= 0.3 is 10.2 Å². The molecule has 1 fully saturated rings. The first-order valence-corrected chi connectivity index (χ1v) is 14.8. The molecule has 1 N–H and O–H groups in total. The molecule has 0 heterocycles. The van der Waals surface area contributed by atoms with E-state index in [2.05, 4.69) is 5.32 Å². The van der Waals surface area contributed by atoms with E-state index in [1.54, 1.807) is 38.1 Å². The average molecular weight is 584 g/mol. The quantitative estimate of drug-likeness (QED) is 0.439. The second-order valence-corrected chi connectivity index (χ2v) is 12.9. The standard InChI is InChI=1S/C27H36Cl2N4O4S/c1-18-10-11-19(2)25(14-18)33(38(36,37)31(4)5)17-26(34)32(16-21-12-13-23(28)24(29)15-21)20(3)27(35)30-22-8-6-7-9-22/h10-15,20,22H,6-9,16-17H2,1-5H3,(H,30,35)/t20-/m0/s1. The zero-order valence-corrected chi connectivity index (χ0v) is 24.8. The maximum absolute atomic E-state index is 13.9. The Bertz CT molecular complexity index is 1280. The smallest absolute Gasteiger partial charge is 0.304 e. The summed E-state index contributed by atoms with van der Waals surface area (Å²) in [4.78, 5) is 28.5. The zero-order valence-electron chi connectivity index (χ0n) is 22.5. The van der Waals surface area contributed by atoms with Gasteiger partial charge in [-0.2, -0.15) is 12.7 Å². The van der Waals surface area contributed by atoms with E-state index in [-0.39, 0.29) is 18.5 Å². The van der Waals surface area contributed by atoms with E-state index < -0.39 is 28.7 Å². The van der Waals surface area contributed by atoms with Gasteiger partial charge in [0.1, 0.15) is 12.6 Å². The predicted molar refractivity (Wildman–Crippen MR) is 153 cm³/mol. The van der Waals surface area contributed by atoms with Crippen molar-refractivity contribution in [3.8, 4) is 0 Å². The molecule has 38 heavy (non-hydrogen) atoms. The van der Waals surface area contributed by atoms with E-state index in [9.17, 15) is 18.0 Å². The van der Waals surface area contributed by atoms with Crippen LogP contribution in [0.15, 0.2) is 36.4 Å². The number of anilines is 1. The van der Waals surface area contributed by atoms with Gasteiger partial charge in [0.15, 0.2) is 0 Å². The number of amides is 2. The van der Waals surface area contributed by atoms with Crippen LogP contribution in [0.2, 0.25) is 10.0 Å². The fraction of sp³-hybridized carbons (Fsp3) is 0.481. The van der Waals surface area contributed by atoms with Crippen LogP contribution < -0.4 is 9.62 Å². The number of nitrogens with zero attached hydrogens (tertiary/aromatic N) is 3. The first kappa shape index (κ1) is 30.2. The Kier molecular flexibility index (Phi) is 10.1. The van der Waals surface area contributed by atoms with E-state index in [0.717, 1.165) is 39.9 Å². The topological polar surface area (TPSA) is 90.0 Å². The maximum Gasteiger partial charge on any atom is 0.304 e. The number of aryl methyl sites for hydroxylation is 2. The molecule has 2 amide bonds. The van der Waals surface area contributed by atoms with Crippen LogP contribution in [0.25, 0.3) is 0 Å². The summed E-state index contributed by atoms with van der Waals surface area (Å²) in [6, 6.07) is 9.67. The van der Waals surface area contributed by atoms with Crippen LogP contribution >= 0.6 is 23.2 Å². The molecule has 1 aliphatic carbocycles. The van der Waals surface area contributed by atoms with Crippen LogP contribution in [0.5, 0.6) is 0 Å². The highest BCUT2D eigenvalue weighted by molar-refractivity contribution is 7.90. The van der Waals surface area contributed by atoms with Gasteiger partial charge in [0.05, 0.1) is 15.7 Å². The summed E-state index contributed by atoms with van der Waals surface area (Å²) in [5, 5.41) is 3.75. The Labute approximate surface area is 236 Å². The lowest BCUT2D eigenvalue weighted by Gasteiger charge is -2.33. The van der Waals surface area contributed by atoms with Crippen molar-refractivity contribution in [3.05, 3.63) is 63.1 Å². The van der Waals surface area contributed by atoms with E-state index in [1.165, 1.54) is 19.0 Å². The average Bonchev–Trinajstić information content (AvgIpc) is 3.37. The number of hydrogen-bond acceptors (Lipinski definition) is 4. The van der Waals surface area contributed by atoms with Crippen LogP contribution in [0.1, 0.15) is 49.3 Å². The number of nitrogens with one attached hydrogen (secondary N) is 1. The molecule has 1 aliphatic rings. The monoisotopic (exact) mass is 582 g/mol. The molecule has 2 aromatic carbocycles. The van der Waals surface area contributed by atoms with Crippen molar-refractivity contribution in [3.63, 3.8) is 0 Å². The molecular formula is C27H36Cl2N4O4S. The van der Waals surface area contributed by atoms with Crippen LogP contribution in [-0.4, -0.2) is 62.2 Å². The lowest BCUT2D eigenvalue weighted by atomic mass is 10.1. The SMILES string of the molecule is Cc1ccc(C)c(N(CC(=O)N(Cc2ccc(Cl)c(Cl)c2)[C@@H](C)C(=O)NC2CCCC2)S(=O)(=O)N(C)C)c1. The van der Waals surface area contributed by atoms with E-state index in [1.807, 2.05) is 19.1 Å². The Hall–Kier alpha value is -2.33. The van der Waals surface area contributed by atoms with Gasteiger partial charge in [0.25, 0.3) is 0 Å². The molecule has 8 nitrogen and oxygen atoms in total. The van der Waals surface area contributed by atoms with Crippen molar-refractivity contribution in [2.24, 2.45) is 0 Å². The van der Waals surface area contributed by atoms with Gasteiger partial charge < -0.3 is 10.2 Å². The van der Waals surface area contributed by atoms with Crippen molar-refractivity contribution in [1.29, 1.82) is 0 Å². The Morgan fingerprint density at radius 3 is 2.29 bits per heavy atom. The van der Waals surface area contributed by atoms with Gasteiger partial charge in [-0.25, -0.2) is 4.31 Å². The largest absolute Gasteiger partial charge is 0.352 e. The maximum atomic E-state index is 13.9. The van der Waals surface area contributed by atoms with E-state index in [0.29, 0.717) is 26.9 Å². The summed E-state index contributed by atoms with van der Waals surface area (Å²) in [6.07, 6.45) is 3.91. The predicted octanol–water partition coefficient (Wildman–Crippen LogP) is 4.70. The Balaban J connectivity index is 1.98. The first-order valence-electron chi connectivity index (χ1n) is 12.6. The molecule has 0 unspecified atom stereocenters. The Morgan fingerprint density at radius 1 is 1.03 bits per heavy atom. The highest BCUT2D eigenvalue weighted by atomic mass is 35.5. The summed E-state index contributed by atoms with van der Waals surface area (Å²) in [5.41, 5.74) is 2.64. The van der Waals surface area contributed by atoms with Gasteiger partial charge in [-0.3, -0.25) is 9.59 Å². The molecular weight excluding hydrogens is 547 g/mol. The number of halogens is 2. The molecule has 1 atom stereocenters. The minimum absolute atomic E-state index is 0.0532. The molecule has 0 aromatic heterocycles. The Morgan fingerprint density at radius 2 is 1.68 bits per heavy atom. The molecule has 0 saturated heterocycles. The molecule has 0 aliphatic heterocycles. The van der Waals surface area contributed by atoms with Crippen LogP contribution in [0.3, 0.4) is 0 Å². The fourth-order valence-electron chi connectivity index (χ4n) is 4.50. The number of hydrogen-bond donors (Lipinski definition) is 1. The third kappa shape index (κ3) is 7.20. The molecule has 1 saturated carbocycles. The second kappa shape index (κ2) is 12.7. The molecule has 3 rings (SSSR count).